The van der Waals surface area contributed by atoms with Gasteiger partial charge in [-0.1, -0.05) is 0 Å². The van der Waals surface area contributed by atoms with E-state index in [1.165, 1.54) is 4.90 Å². The van der Waals surface area contributed by atoms with Crippen LogP contribution in [-0.4, -0.2) is 60.3 Å². The van der Waals surface area contributed by atoms with Crippen molar-refractivity contribution in [3.05, 3.63) is 0 Å². The van der Waals surface area contributed by atoms with Crippen molar-refractivity contribution in [2.24, 2.45) is 11.5 Å². The molecule has 0 saturated carbocycles. The van der Waals surface area contributed by atoms with E-state index >= 15 is 0 Å². The SMILES string of the molecule is NC(=O)CC(N)C(=O)N1CCOCC1CO. The molecule has 0 aromatic carbocycles. The van der Waals surface area contributed by atoms with Gasteiger partial charge in [0.05, 0.1) is 38.3 Å². The molecule has 2 unspecified atom stereocenters. The van der Waals surface area contributed by atoms with E-state index in [0.29, 0.717) is 13.2 Å². The molecule has 0 bridgehead atoms. The number of hydrogen-bond donors (Lipinski definition) is 3. The van der Waals surface area contributed by atoms with Crippen molar-refractivity contribution in [2.45, 2.75) is 18.5 Å². The molecule has 7 heteroatoms. The summed E-state index contributed by atoms with van der Waals surface area (Å²) in [4.78, 5) is 23.9. The summed E-state index contributed by atoms with van der Waals surface area (Å²) in [6.45, 7) is 0.878. The topological polar surface area (TPSA) is 119 Å². The van der Waals surface area contributed by atoms with Gasteiger partial charge in [0.25, 0.3) is 0 Å². The van der Waals surface area contributed by atoms with E-state index in [1.54, 1.807) is 0 Å². The fourth-order valence-corrected chi connectivity index (χ4v) is 1.61. The van der Waals surface area contributed by atoms with Gasteiger partial charge >= 0.3 is 0 Å². The second kappa shape index (κ2) is 5.78. The fourth-order valence-electron chi connectivity index (χ4n) is 1.61. The molecule has 1 fully saturated rings. The van der Waals surface area contributed by atoms with Crippen LogP contribution >= 0.6 is 0 Å². The summed E-state index contributed by atoms with van der Waals surface area (Å²) in [7, 11) is 0. The third-order valence-electron chi connectivity index (χ3n) is 2.46. The first-order valence-corrected chi connectivity index (χ1v) is 5.09. The molecule has 1 saturated heterocycles. The van der Waals surface area contributed by atoms with Crippen LogP contribution in [0.4, 0.5) is 0 Å². The van der Waals surface area contributed by atoms with Crippen molar-refractivity contribution in [3.8, 4) is 0 Å². The van der Waals surface area contributed by atoms with Gasteiger partial charge in [0, 0.05) is 6.54 Å². The average Bonchev–Trinajstić information content (AvgIpc) is 2.27. The van der Waals surface area contributed by atoms with E-state index in [1.807, 2.05) is 0 Å². The molecule has 92 valence electrons. The van der Waals surface area contributed by atoms with Crippen LogP contribution in [0, 0.1) is 0 Å². The summed E-state index contributed by atoms with van der Waals surface area (Å²) in [5.41, 5.74) is 10.5. The molecule has 1 heterocycles. The number of aliphatic hydroxyl groups excluding tert-OH is 1. The standard InChI is InChI=1S/C9H17N3O4/c10-7(3-8(11)14)9(15)12-1-2-16-5-6(12)4-13/h6-7,13H,1-5,10H2,(H2,11,14). The van der Waals surface area contributed by atoms with Crippen LogP contribution in [0.25, 0.3) is 0 Å². The number of ether oxygens (including phenoxy) is 1. The first-order valence-electron chi connectivity index (χ1n) is 5.09. The van der Waals surface area contributed by atoms with Crippen LogP contribution in [0.3, 0.4) is 0 Å². The maximum absolute atomic E-state index is 11.8. The quantitative estimate of drug-likeness (QED) is 0.490. The van der Waals surface area contributed by atoms with Gasteiger partial charge in [-0.3, -0.25) is 9.59 Å². The lowest BCUT2D eigenvalue weighted by Gasteiger charge is -2.35. The Balaban J connectivity index is 2.59. The maximum atomic E-state index is 11.8. The van der Waals surface area contributed by atoms with Crippen molar-refractivity contribution >= 4 is 11.8 Å². The van der Waals surface area contributed by atoms with Gasteiger partial charge in [0.15, 0.2) is 0 Å². The van der Waals surface area contributed by atoms with Gasteiger partial charge in [0.2, 0.25) is 11.8 Å². The minimum Gasteiger partial charge on any atom is -0.394 e. The molecule has 0 aromatic heterocycles. The molecule has 1 rings (SSSR count). The summed E-state index contributed by atoms with van der Waals surface area (Å²) < 4.78 is 5.13. The second-order valence-corrected chi connectivity index (χ2v) is 3.72. The number of morpholine rings is 1. The Morgan fingerprint density at radius 3 is 2.81 bits per heavy atom. The van der Waals surface area contributed by atoms with Gasteiger partial charge in [-0.25, -0.2) is 0 Å². The van der Waals surface area contributed by atoms with Crippen molar-refractivity contribution in [1.29, 1.82) is 0 Å². The zero-order valence-electron chi connectivity index (χ0n) is 8.96. The highest BCUT2D eigenvalue weighted by atomic mass is 16.5. The summed E-state index contributed by atoms with van der Waals surface area (Å²) >= 11 is 0. The molecule has 5 N–H and O–H groups in total. The number of nitrogens with zero attached hydrogens (tertiary/aromatic N) is 1. The van der Waals surface area contributed by atoms with E-state index < -0.39 is 11.9 Å². The lowest BCUT2D eigenvalue weighted by Crippen LogP contribution is -2.55. The number of nitrogens with two attached hydrogens (primary N) is 2. The largest absolute Gasteiger partial charge is 0.394 e. The van der Waals surface area contributed by atoms with Crippen LogP contribution in [0.2, 0.25) is 0 Å². The third kappa shape index (κ3) is 3.16. The summed E-state index contributed by atoms with van der Waals surface area (Å²) in [5, 5.41) is 9.07. The molecule has 2 atom stereocenters. The predicted molar refractivity (Wildman–Crippen MR) is 55.2 cm³/mol. The van der Waals surface area contributed by atoms with Crippen LogP contribution in [0.5, 0.6) is 0 Å². The Bertz CT molecular complexity index is 271. The molecular formula is C9H17N3O4. The molecule has 0 aliphatic carbocycles. The monoisotopic (exact) mass is 231 g/mol. The Kier molecular flexibility index (Phi) is 4.66. The van der Waals surface area contributed by atoms with Gasteiger partial charge < -0.3 is 26.2 Å². The number of amides is 2. The van der Waals surface area contributed by atoms with E-state index in [4.69, 9.17) is 21.3 Å². The number of carbonyl (C=O) groups excluding carboxylic acids is 2. The van der Waals surface area contributed by atoms with Crippen LogP contribution < -0.4 is 11.5 Å². The van der Waals surface area contributed by atoms with E-state index in [-0.39, 0.29) is 31.6 Å². The molecule has 0 spiro atoms. The molecular weight excluding hydrogens is 214 g/mol. The lowest BCUT2D eigenvalue weighted by atomic mass is 10.1. The van der Waals surface area contributed by atoms with Gasteiger partial charge in [-0.2, -0.15) is 0 Å². The average molecular weight is 231 g/mol. The van der Waals surface area contributed by atoms with Crippen LogP contribution in [0.15, 0.2) is 0 Å². The molecule has 0 aromatic rings. The smallest absolute Gasteiger partial charge is 0.240 e. The summed E-state index contributed by atoms with van der Waals surface area (Å²) in [5.74, 6) is -0.990. The summed E-state index contributed by atoms with van der Waals surface area (Å²) in [6, 6.07) is -1.33. The van der Waals surface area contributed by atoms with Gasteiger partial charge in [0.1, 0.15) is 0 Å². The number of hydrogen-bond acceptors (Lipinski definition) is 5. The highest BCUT2D eigenvalue weighted by molar-refractivity contribution is 5.87. The molecule has 16 heavy (non-hydrogen) atoms. The highest BCUT2D eigenvalue weighted by Crippen LogP contribution is 2.08. The minimum atomic E-state index is -0.940. The number of aliphatic hydroxyl groups is 1. The molecule has 1 aliphatic heterocycles. The Morgan fingerprint density at radius 2 is 2.25 bits per heavy atom. The third-order valence-corrected chi connectivity index (χ3v) is 2.46. The van der Waals surface area contributed by atoms with Crippen LogP contribution in [0.1, 0.15) is 6.42 Å². The molecule has 1 aliphatic rings. The maximum Gasteiger partial charge on any atom is 0.240 e. The van der Waals surface area contributed by atoms with Crippen LogP contribution in [-0.2, 0) is 14.3 Å². The Labute approximate surface area is 93.3 Å². The van der Waals surface area contributed by atoms with Crippen molar-refractivity contribution in [2.75, 3.05) is 26.4 Å². The molecule has 2 amide bonds. The number of rotatable bonds is 4. The Morgan fingerprint density at radius 1 is 1.56 bits per heavy atom. The number of carbonyl (C=O) groups is 2. The van der Waals surface area contributed by atoms with Crippen molar-refractivity contribution < 1.29 is 19.4 Å². The zero-order valence-corrected chi connectivity index (χ0v) is 8.96. The lowest BCUT2D eigenvalue weighted by molar-refractivity contribution is -0.144. The van der Waals surface area contributed by atoms with Gasteiger partial charge in [-0.15, -0.1) is 0 Å². The van der Waals surface area contributed by atoms with Crippen molar-refractivity contribution in [1.82, 2.24) is 4.90 Å². The number of primary amides is 1. The predicted octanol–water partition coefficient (Wildman–Crippen LogP) is -2.59. The molecule has 7 nitrogen and oxygen atoms in total. The second-order valence-electron chi connectivity index (χ2n) is 3.72. The van der Waals surface area contributed by atoms with E-state index in [0.717, 1.165) is 0 Å². The minimum absolute atomic E-state index is 0.185. The van der Waals surface area contributed by atoms with Crippen molar-refractivity contribution in [3.63, 3.8) is 0 Å². The normalized spacial score (nSPS) is 22.9. The summed E-state index contributed by atoms with van der Waals surface area (Å²) in [6.07, 6.45) is -0.186. The highest BCUT2D eigenvalue weighted by Gasteiger charge is 2.30. The first-order chi connectivity index (χ1) is 7.56. The van der Waals surface area contributed by atoms with E-state index in [9.17, 15) is 9.59 Å². The first kappa shape index (κ1) is 12.9. The van der Waals surface area contributed by atoms with E-state index in [2.05, 4.69) is 0 Å². The molecule has 0 radical (unpaired) electrons. The zero-order chi connectivity index (χ0) is 12.1. The van der Waals surface area contributed by atoms with Gasteiger partial charge in [-0.05, 0) is 0 Å². The fraction of sp³-hybridized carbons (Fsp3) is 0.778. The Hall–Kier alpha value is -1.18.